The lowest BCUT2D eigenvalue weighted by atomic mass is 9.85. The Morgan fingerprint density at radius 3 is 0.802 bits per heavy atom. The number of allylic oxidation sites excluding steroid dienone is 2. The zero-order valence-electron chi connectivity index (χ0n) is 48.6. The summed E-state index contributed by atoms with van der Waals surface area (Å²) in [6.45, 7) is 4.63. The van der Waals surface area contributed by atoms with Crippen molar-refractivity contribution >= 4 is 49.2 Å². The first-order valence-electron chi connectivity index (χ1n) is 27.8. The predicted octanol–water partition coefficient (Wildman–Crippen LogP) is 24.4. The Hall–Kier alpha value is -9.87. The molecule has 496 valence electrons. The van der Waals surface area contributed by atoms with Crippen molar-refractivity contribution in [1.82, 2.24) is 9.13 Å². The van der Waals surface area contributed by atoms with Crippen molar-refractivity contribution in [2.45, 2.75) is 75.7 Å². The fourth-order valence-corrected chi connectivity index (χ4v) is 12.1. The van der Waals surface area contributed by atoms with E-state index in [1.54, 1.807) is 18.4 Å². The van der Waals surface area contributed by atoms with E-state index in [4.69, 9.17) is 0 Å². The maximum absolute atomic E-state index is 14.3. The molecule has 11 rings (SSSR count). The Morgan fingerprint density at radius 2 is 0.562 bits per heavy atom. The molecule has 11 aromatic rings. The lowest BCUT2D eigenvalue weighted by Gasteiger charge is -2.34. The molecule has 0 saturated heterocycles. The molecule has 9 aromatic carbocycles. The fraction of sp³-hybridized carbons (Fsp3) is 0.174. The van der Waals surface area contributed by atoms with Gasteiger partial charge in [0, 0.05) is 38.1 Å². The summed E-state index contributed by atoms with van der Waals surface area (Å²) in [6.07, 6.45) is -41.2. The number of hydrogen-bond donors (Lipinski definition) is 0. The molecule has 0 atom stereocenters. The van der Waals surface area contributed by atoms with Crippen molar-refractivity contribution in [3.8, 4) is 56.3 Å². The van der Waals surface area contributed by atoms with Crippen LogP contribution >= 0.6 is 0 Å². The van der Waals surface area contributed by atoms with Crippen LogP contribution < -0.4 is 0 Å². The smallest absolute Gasteiger partial charge is 0.331 e. The quantitative estimate of drug-likeness (QED) is 0.140. The third-order valence-corrected chi connectivity index (χ3v) is 16.4. The van der Waals surface area contributed by atoms with Crippen LogP contribution in [0.2, 0.25) is 0 Å². The Kier molecular flexibility index (Phi) is 15.9. The van der Waals surface area contributed by atoms with E-state index in [0.717, 1.165) is 48.5 Å². The van der Waals surface area contributed by atoms with Crippen LogP contribution in [-0.4, -0.2) is 9.13 Å². The monoisotopic (exact) mass is 1360 g/mol. The van der Waals surface area contributed by atoms with Crippen molar-refractivity contribution in [3.63, 3.8) is 0 Å². The highest BCUT2D eigenvalue weighted by Gasteiger charge is 2.42. The largest absolute Gasteiger partial charge is 0.416 e. The summed E-state index contributed by atoms with van der Waals surface area (Å²) in [6, 6.07) is 23.1. The lowest BCUT2D eigenvalue weighted by Crippen LogP contribution is -2.28. The summed E-state index contributed by atoms with van der Waals surface area (Å²) < 4.78 is 346. The molecule has 0 aliphatic heterocycles. The highest BCUT2D eigenvalue weighted by atomic mass is 19.4. The van der Waals surface area contributed by atoms with Gasteiger partial charge in [0.25, 0.3) is 0 Å². The van der Waals surface area contributed by atoms with Crippen LogP contribution in [0.15, 0.2) is 170 Å². The van der Waals surface area contributed by atoms with Crippen molar-refractivity contribution in [1.29, 1.82) is 5.26 Å². The molecule has 0 saturated carbocycles. The Labute approximate surface area is 524 Å². The number of nitrogens with zero attached hydrogens (tertiary/aromatic N) is 3. The van der Waals surface area contributed by atoms with Gasteiger partial charge < -0.3 is 9.13 Å². The molecule has 0 unspecified atom stereocenters. The van der Waals surface area contributed by atoms with Crippen LogP contribution in [0.25, 0.3) is 99.4 Å². The van der Waals surface area contributed by atoms with E-state index in [2.05, 4.69) is 0 Å². The first-order chi connectivity index (χ1) is 44.2. The molecule has 0 spiro atoms. The fourth-order valence-electron chi connectivity index (χ4n) is 12.1. The Bertz CT molecular complexity index is 4650. The normalized spacial score (nSPS) is 13.6. The van der Waals surface area contributed by atoms with E-state index < -0.39 is 122 Å². The number of nitriles is 1. The van der Waals surface area contributed by atoms with Crippen LogP contribution in [0.5, 0.6) is 0 Å². The number of alkyl halides is 24. The highest BCUT2D eigenvalue weighted by Crippen LogP contribution is 2.50. The maximum atomic E-state index is 14.3. The maximum Gasteiger partial charge on any atom is 0.416 e. The summed E-state index contributed by atoms with van der Waals surface area (Å²) in [5.74, 6) is 0. The van der Waals surface area contributed by atoms with Gasteiger partial charge in [-0.1, -0.05) is 30.3 Å². The second-order valence-corrected chi connectivity index (χ2v) is 22.9. The van der Waals surface area contributed by atoms with E-state index in [9.17, 15) is 111 Å². The molecule has 3 nitrogen and oxygen atoms in total. The van der Waals surface area contributed by atoms with Crippen LogP contribution in [-0.2, 0) is 54.9 Å². The minimum absolute atomic E-state index is 0.0247. The van der Waals surface area contributed by atoms with Crippen LogP contribution in [0, 0.1) is 11.3 Å². The van der Waals surface area contributed by atoms with E-state index >= 15 is 0 Å². The summed E-state index contributed by atoms with van der Waals surface area (Å²) >= 11 is 0. The SMILES string of the molecule is C/C=C(/c1cc(C#N)ccc1-n1c2ccc(-c3cc(C(F)(F)F)cc(C(F)(F)F)c3)cc2c2cc(-c3cc(C(F)(F)F)cc(C(F)(F)F)c3)ccc21)C(C)(C)n1c2ccc(-c3cc(C(F)(F)F)cc(C(F)(F)F)c3)cc2c2cc(-c3cc(C(F)(F)F)cc(C(F)(F)F)c3)ccc21. The average Bonchev–Trinajstić information content (AvgIpc) is 1.55. The molecule has 0 aliphatic carbocycles. The number of hydrogen-bond acceptors (Lipinski definition) is 1. The number of aromatic nitrogens is 2. The van der Waals surface area contributed by atoms with Crippen molar-refractivity contribution in [2.24, 2.45) is 0 Å². The molecule has 96 heavy (non-hydrogen) atoms. The highest BCUT2D eigenvalue weighted by molar-refractivity contribution is 6.13. The van der Waals surface area contributed by atoms with Gasteiger partial charge in [-0.05, 0) is 210 Å². The van der Waals surface area contributed by atoms with Gasteiger partial charge in [0.15, 0.2) is 0 Å². The predicted molar refractivity (Wildman–Crippen MR) is 310 cm³/mol. The van der Waals surface area contributed by atoms with Gasteiger partial charge in [-0.3, -0.25) is 0 Å². The lowest BCUT2D eigenvalue weighted by molar-refractivity contribution is -0.144. The van der Waals surface area contributed by atoms with Gasteiger partial charge in [-0.15, -0.1) is 0 Å². The Balaban J connectivity index is 1.19. The van der Waals surface area contributed by atoms with Gasteiger partial charge in [0.2, 0.25) is 0 Å². The van der Waals surface area contributed by atoms with Crippen molar-refractivity contribution in [2.75, 3.05) is 0 Å². The third kappa shape index (κ3) is 12.6. The van der Waals surface area contributed by atoms with Gasteiger partial charge in [0.1, 0.15) is 0 Å². The van der Waals surface area contributed by atoms with E-state index in [1.165, 1.54) is 60.0 Å². The second kappa shape index (κ2) is 22.6. The molecule has 27 heteroatoms. The Morgan fingerprint density at radius 1 is 0.312 bits per heavy atom. The average molecular weight is 1360 g/mol. The molecule has 0 aliphatic rings. The van der Waals surface area contributed by atoms with Crippen LogP contribution in [0.4, 0.5) is 105 Å². The molecular formula is C69H37F24N3. The van der Waals surface area contributed by atoms with Crippen molar-refractivity contribution < 1.29 is 105 Å². The number of benzene rings is 9. The standard InChI is InChI=1S/C69H37F24N3/c1-4-55(61(2,3)96-59-13-8-36(40-20-46(66(82,83)84)30-47(21-40)67(85,86)87)26-52(59)53-27-37(9-14-60(53)96)41-22-48(68(88,89)90)31-49(23-41)69(91,92)93)54-15-33(32-94)5-10-58(54)95-56-11-6-34(38-16-42(62(70,71)72)28-43(17-38)63(73,74)75)24-50(56)51-25-35(7-12-57(51)95)39-18-44(64(76,77)78)29-45(19-39)65(79,80)81/h4-31H,1-3H3/b55-4-. The molecule has 0 bridgehead atoms. The third-order valence-electron chi connectivity index (χ3n) is 16.4. The summed E-state index contributed by atoms with van der Waals surface area (Å²) in [5.41, 5.74) is -18.7. The summed E-state index contributed by atoms with van der Waals surface area (Å²) in [7, 11) is 0. The van der Waals surface area contributed by atoms with Gasteiger partial charge in [-0.25, -0.2) is 0 Å². The zero-order chi connectivity index (χ0) is 70.3. The van der Waals surface area contributed by atoms with Crippen molar-refractivity contribution in [3.05, 3.63) is 226 Å². The molecule has 0 fully saturated rings. The summed E-state index contributed by atoms with van der Waals surface area (Å²) in [4.78, 5) is 0. The molecule has 0 radical (unpaired) electrons. The van der Waals surface area contributed by atoms with E-state index in [1.807, 2.05) is 6.07 Å². The molecular weight excluding hydrogens is 1330 g/mol. The van der Waals surface area contributed by atoms with Crippen LogP contribution in [0.1, 0.15) is 76.4 Å². The minimum atomic E-state index is -5.34. The number of fused-ring (bicyclic) bond motifs is 6. The first-order valence-corrected chi connectivity index (χ1v) is 27.8. The molecule has 2 heterocycles. The first kappa shape index (κ1) is 67.5. The number of rotatable bonds is 8. The zero-order valence-corrected chi connectivity index (χ0v) is 48.6. The topological polar surface area (TPSA) is 33.6 Å². The van der Waals surface area contributed by atoms with Gasteiger partial charge in [0.05, 0.1) is 78.4 Å². The van der Waals surface area contributed by atoms with Gasteiger partial charge >= 0.3 is 49.4 Å². The molecule has 2 aromatic heterocycles. The minimum Gasteiger partial charge on any atom is -0.331 e. The molecule has 0 N–H and O–H groups in total. The van der Waals surface area contributed by atoms with E-state index in [-0.39, 0.29) is 113 Å². The van der Waals surface area contributed by atoms with Crippen LogP contribution in [0.3, 0.4) is 0 Å². The molecule has 0 amide bonds. The second-order valence-electron chi connectivity index (χ2n) is 22.9. The van der Waals surface area contributed by atoms with E-state index in [0.29, 0.717) is 48.5 Å². The number of halogens is 24. The summed E-state index contributed by atoms with van der Waals surface area (Å²) in [5, 5.41) is 10.2. The van der Waals surface area contributed by atoms with Gasteiger partial charge in [-0.2, -0.15) is 111 Å².